The smallest absolute Gasteiger partial charge is 0.137 e. The van der Waals surface area contributed by atoms with Gasteiger partial charge in [-0.1, -0.05) is 6.07 Å². The van der Waals surface area contributed by atoms with Crippen molar-refractivity contribution in [2.45, 2.75) is 38.1 Å². The quantitative estimate of drug-likeness (QED) is 0.795. The Morgan fingerprint density at radius 2 is 2.45 bits per heavy atom. The van der Waals surface area contributed by atoms with E-state index < -0.39 is 6.10 Å². The summed E-state index contributed by atoms with van der Waals surface area (Å²) < 4.78 is 7.46. The highest BCUT2D eigenvalue weighted by molar-refractivity contribution is 7.09. The summed E-state index contributed by atoms with van der Waals surface area (Å²) in [5.74, 6) is 0. The molecule has 6 nitrogen and oxygen atoms in total. The molecule has 2 aromatic heterocycles. The fourth-order valence-corrected chi connectivity index (χ4v) is 3.54. The van der Waals surface area contributed by atoms with Gasteiger partial charge in [0.1, 0.15) is 12.7 Å². The number of rotatable bonds is 8. The second-order valence-corrected chi connectivity index (χ2v) is 6.69. The number of hydrogen-bond donors (Lipinski definition) is 1. The third kappa shape index (κ3) is 4.36. The van der Waals surface area contributed by atoms with Crippen LogP contribution in [0.2, 0.25) is 0 Å². The minimum atomic E-state index is -0.448. The summed E-state index contributed by atoms with van der Waals surface area (Å²) >= 11 is 1.68. The standard InChI is InChI=1S/C15H22N4O2S/c20-14(9-21-10-15-4-2-6-22-15)8-18-5-1-3-13(18)7-19-12-16-11-17-19/h2,4,6,11-14,20H,1,3,5,7-10H2/t13-,14-/m1/s1. The molecule has 1 aliphatic heterocycles. The van der Waals surface area contributed by atoms with Gasteiger partial charge < -0.3 is 9.84 Å². The van der Waals surface area contributed by atoms with Crippen LogP contribution in [-0.4, -0.2) is 56.6 Å². The number of aromatic nitrogens is 3. The van der Waals surface area contributed by atoms with Gasteiger partial charge in [0.2, 0.25) is 0 Å². The third-order valence-electron chi connectivity index (χ3n) is 3.94. The minimum absolute atomic E-state index is 0.379. The molecule has 3 heterocycles. The zero-order valence-corrected chi connectivity index (χ0v) is 13.4. The Hall–Kier alpha value is -1.28. The number of aliphatic hydroxyl groups excluding tert-OH is 1. The van der Waals surface area contributed by atoms with E-state index >= 15 is 0 Å². The van der Waals surface area contributed by atoms with Gasteiger partial charge in [-0.05, 0) is 30.8 Å². The average Bonchev–Trinajstić information content (AvgIpc) is 3.23. The van der Waals surface area contributed by atoms with Crippen LogP contribution in [0.3, 0.4) is 0 Å². The van der Waals surface area contributed by atoms with Crippen molar-refractivity contribution in [3.63, 3.8) is 0 Å². The second kappa shape index (κ2) is 7.82. The fraction of sp³-hybridized carbons (Fsp3) is 0.600. The summed E-state index contributed by atoms with van der Waals surface area (Å²) in [6, 6.07) is 4.48. The largest absolute Gasteiger partial charge is 0.389 e. The van der Waals surface area contributed by atoms with Gasteiger partial charge in [0.05, 0.1) is 25.9 Å². The van der Waals surface area contributed by atoms with Gasteiger partial charge in [0.25, 0.3) is 0 Å². The lowest BCUT2D eigenvalue weighted by Gasteiger charge is -2.26. The molecule has 0 spiro atoms. The van der Waals surface area contributed by atoms with Crippen molar-refractivity contribution in [3.05, 3.63) is 35.0 Å². The van der Waals surface area contributed by atoms with Crippen molar-refractivity contribution < 1.29 is 9.84 Å². The number of nitrogens with zero attached hydrogens (tertiary/aromatic N) is 4. The van der Waals surface area contributed by atoms with Crippen LogP contribution in [0.5, 0.6) is 0 Å². The van der Waals surface area contributed by atoms with E-state index in [1.165, 1.54) is 11.3 Å². The predicted octanol–water partition coefficient (Wildman–Crippen LogP) is 1.38. The Kier molecular flexibility index (Phi) is 5.55. The Bertz CT molecular complexity index is 532. The first kappa shape index (κ1) is 15.6. The Morgan fingerprint density at radius 1 is 1.50 bits per heavy atom. The van der Waals surface area contributed by atoms with E-state index in [-0.39, 0.29) is 0 Å². The normalized spacial score (nSPS) is 20.5. The number of hydrogen-bond acceptors (Lipinski definition) is 6. The van der Waals surface area contributed by atoms with Crippen molar-refractivity contribution in [3.8, 4) is 0 Å². The van der Waals surface area contributed by atoms with Crippen molar-refractivity contribution in [1.82, 2.24) is 19.7 Å². The highest BCUT2D eigenvalue weighted by Crippen LogP contribution is 2.19. The Balaban J connectivity index is 1.40. The number of thiophene rings is 1. The van der Waals surface area contributed by atoms with Gasteiger partial charge >= 0.3 is 0 Å². The molecule has 0 bridgehead atoms. The van der Waals surface area contributed by atoms with Crippen molar-refractivity contribution in [2.24, 2.45) is 0 Å². The molecule has 3 rings (SSSR count). The van der Waals surface area contributed by atoms with Crippen molar-refractivity contribution >= 4 is 11.3 Å². The zero-order chi connectivity index (χ0) is 15.2. The lowest BCUT2D eigenvalue weighted by Crippen LogP contribution is -2.40. The van der Waals surface area contributed by atoms with Crippen LogP contribution in [0.25, 0.3) is 0 Å². The molecule has 120 valence electrons. The molecule has 1 N–H and O–H groups in total. The van der Waals surface area contributed by atoms with Crippen LogP contribution in [0, 0.1) is 0 Å². The third-order valence-corrected chi connectivity index (χ3v) is 4.79. The molecule has 1 saturated heterocycles. The monoisotopic (exact) mass is 322 g/mol. The Morgan fingerprint density at radius 3 is 3.23 bits per heavy atom. The molecule has 7 heteroatoms. The molecule has 1 fully saturated rings. The summed E-state index contributed by atoms with van der Waals surface area (Å²) in [5.41, 5.74) is 0. The van der Waals surface area contributed by atoms with Crippen molar-refractivity contribution in [2.75, 3.05) is 19.7 Å². The van der Waals surface area contributed by atoms with Gasteiger partial charge in [-0.25, -0.2) is 4.98 Å². The molecule has 0 amide bonds. The first-order chi connectivity index (χ1) is 10.8. The minimum Gasteiger partial charge on any atom is -0.389 e. The number of likely N-dealkylation sites (tertiary alicyclic amines) is 1. The van der Waals surface area contributed by atoms with Crippen LogP contribution in [0.15, 0.2) is 30.2 Å². The molecule has 1 aliphatic rings. The summed E-state index contributed by atoms with van der Waals surface area (Å²) in [5, 5.41) is 16.4. The summed E-state index contributed by atoms with van der Waals surface area (Å²) in [4.78, 5) is 7.51. The molecule has 0 aliphatic carbocycles. The molecular weight excluding hydrogens is 300 g/mol. The van der Waals surface area contributed by atoms with E-state index in [1.807, 2.05) is 22.2 Å². The first-order valence-corrected chi connectivity index (χ1v) is 8.54. The van der Waals surface area contributed by atoms with Crippen LogP contribution in [-0.2, 0) is 17.9 Å². The van der Waals surface area contributed by atoms with E-state index in [0.29, 0.717) is 25.8 Å². The van der Waals surface area contributed by atoms with Crippen LogP contribution in [0.1, 0.15) is 17.7 Å². The molecule has 0 unspecified atom stereocenters. The highest BCUT2D eigenvalue weighted by atomic mass is 32.1. The van der Waals surface area contributed by atoms with E-state index in [4.69, 9.17) is 4.74 Å². The first-order valence-electron chi connectivity index (χ1n) is 7.66. The topological polar surface area (TPSA) is 63.4 Å². The summed E-state index contributed by atoms with van der Waals surface area (Å²) in [7, 11) is 0. The van der Waals surface area contributed by atoms with Gasteiger partial charge in [0.15, 0.2) is 0 Å². The fourth-order valence-electron chi connectivity index (χ4n) is 2.90. The van der Waals surface area contributed by atoms with Gasteiger partial charge in [-0.3, -0.25) is 9.58 Å². The molecule has 0 aromatic carbocycles. The van der Waals surface area contributed by atoms with E-state index in [2.05, 4.69) is 15.0 Å². The number of ether oxygens (including phenoxy) is 1. The van der Waals surface area contributed by atoms with E-state index in [9.17, 15) is 5.11 Å². The van der Waals surface area contributed by atoms with Crippen LogP contribution in [0.4, 0.5) is 0 Å². The maximum Gasteiger partial charge on any atom is 0.137 e. The molecule has 2 atom stereocenters. The van der Waals surface area contributed by atoms with E-state index in [0.717, 1.165) is 19.5 Å². The zero-order valence-electron chi connectivity index (χ0n) is 12.5. The average molecular weight is 322 g/mol. The lowest BCUT2D eigenvalue weighted by molar-refractivity contribution is 0.00740. The van der Waals surface area contributed by atoms with Crippen LogP contribution >= 0.6 is 11.3 Å². The van der Waals surface area contributed by atoms with E-state index in [1.54, 1.807) is 24.0 Å². The molecular formula is C15H22N4O2S. The predicted molar refractivity (Wildman–Crippen MR) is 84.6 cm³/mol. The number of aliphatic hydroxyl groups is 1. The molecule has 2 aromatic rings. The maximum atomic E-state index is 10.2. The van der Waals surface area contributed by atoms with Crippen LogP contribution < -0.4 is 0 Å². The number of β-amino-alcohol motifs (C(OH)–C–C–N with tert-alkyl or cyclic N) is 1. The maximum absolute atomic E-state index is 10.2. The highest BCUT2D eigenvalue weighted by Gasteiger charge is 2.26. The molecule has 22 heavy (non-hydrogen) atoms. The lowest BCUT2D eigenvalue weighted by atomic mass is 10.2. The SMILES string of the molecule is O[C@@H](COCc1cccs1)CN1CCC[C@@H]1Cn1cncn1. The molecule has 0 radical (unpaired) electrons. The van der Waals surface area contributed by atoms with Gasteiger partial charge in [-0.15, -0.1) is 11.3 Å². The Labute approximate surface area is 134 Å². The second-order valence-electron chi connectivity index (χ2n) is 5.66. The van der Waals surface area contributed by atoms with Gasteiger partial charge in [0, 0.05) is 17.5 Å². The summed E-state index contributed by atoms with van der Waals surface area (Å²) in [6.45, 7) is 3.48. The molecule has 0 saturated carbocycles. The van der Waals surface area contributed by atoms with Gasteiger partial charge in [-0.2, -0.15) is 5.10 Å². The summed E-state index contributed by atoms with van der Waals surface area (Å²) in [6.07, 6.45) is 5.17. The van der Waals surface area contributed by atoms with Crippen molar-refractivity contribution in [1.29, 1.82) is 0 Å².